The zero-order valence-corrected chi connectivity index (χ0v) is 12.6. The molecule has 2 rings (SSSR count). The maximum Gasteiger partial charge on any atom is 0.242 e. The standard InChI is InChI=1S/C13H24N3OP/c1-8-6-14-7-11(15-18)13(17)16-9(2)4-5-12(16)10(8)3/h6,8-12,15H,4-5,7,18H2,1-3H3. The van der Waals surface area contributed by atoms with Gasteiger partial charge >= 0.3 is 0 Å². The molecule has 5 heteroatoms. The largest absolute Gasteiger partial charge is 0.335 e. The van der Waals surface area contributed by atoms with Gasteiger partial charge < -0.3 is 4.90 Å². The number of carbonyl (C=O) groups is 1. The first kappa shape index (κ1) is 14.0. The van der Waals surface area contributed by atoms with E-state index in [1.165, 1.54) is 0 Å². The van der Waals surface area contributed by atoms with Gasteiger partial charge in [-0.05, 0) is 31.6 Å². The predicted octanol–water partition coefficient (Wildman–Crippen LogP) is 1.47. The fourth-order valence-corrected chi connectivity index (χ4v) is 3.36. The van der Waals surface area contributed by atoms with Crippen LogP contribution in [-0.2, 0) is 4.79 Å². The van der Waals surface area contributed by atoms with Crippen LogP contribution in [-0.4, -0.2) is 41.7 Å². The zero-order chi connectivity index (χ0) is 13.3. The molecule has 1 amide bonds. The molecular formula is C13H24N3OP. The Morgan fingerprint density at radius 2 is 2.11 bits per heavy atom. The van der Waals surface area contributed by atoms with Crippen LogP contribution in [0.5, 0.6) is 0 Å². The highest BCUT2D eigenvalue weighted by Gasteiger charge is 2.41. The summed E-state index contributed by atoms with van der Waals surface area (Å²) in [5, 5.41) is 3.02. The van der Waals surface area contributed by atoms with E-state index >= 15 is 0 Å². The number of rotatable bonds is 1. The summed E-state index contributed by atoms with van der Waals surface area (Å²) in [5.74, 6) is 1.11. The second kappa shape index (κ2) is 5.66. The highest BCUT2D eigenvalue weighted by Crippen LogP contribution is 2.33. The summed E-state index contributed by atoms with van der Waals surface area (Å²) in [6, 6.07) is 0.524. The minimum atomic E-state index is -0.202. The third-order valence-electron chi connectivity index (χ3n) is 4.53. The number of aliphatic imine (C=N–C) groups is 1. The van der Waals surface area contributed by atoms with E-state index in [0.717, 1.165) is 12.8 Å². The summed E-state index contributed by atoms with van der Waals surface area (Å²) in [6.45, 7) is 7.14. The molecule has 0 radical (unpaired) electrons. The van der Waals surface area contributed by atoms with Crippen LogP contribution in [0.4, 0.5) is 0 Å². The summed E-state index contributed by atoms with van der Waals surface area (Å²) in [7, 11) is 2.45. The number of hydrogen-bond donors (Lipinski definition) is 1. The van der Waals surface area contributed by atoms with Crippen molar-refractivity contribution in [3.63, 3.8) is 0 Å². The lowest BCUT2D eigenvalue weighted by Gasteiger charge is -2.35. The quantitative estimate of drug-likeness (QED) is 0.733. The van der Waals surface area contributed by atoms with Crippen LogP contribution in [0.25, 0.3) is 0 Å². The molecule has 0 bridgehead atoms. The van der Waals surface area contributed by atoms with Crippen LogP contribution >= 0.6 is 9.39 Å². The fourth-order valence-electron chi connectivity index (χ4n) is 3.11. The first-order chi connectivity index (χ1) is 8.56. The molecule has 102 valence electrons. The molecule has 0 saturated carbocycles. The number of nitrogens with one attached hydrogen (secondary N) is 1. The lowest BCUT2D eigenvalue weighted by molar-refractivity contribution is -0.136. The summed E-state index contributed by atoms with van der Waals surface area (Å²) in [5.41, 5.74) is 0. The first-order valence-corrected chi connectivity index (χ1v) is 7.42. The van der Waals surface area contributed by atoms with Crippen molar-refractivity contribution < 1.29 is 4.79 Å². The average molecular weight is 269 g/mol. The summed E-state index contributed by atoms with van der Waals surface area (Å²) >= 11 is 0. The Labute approximate surface area is 112 Å². The summed E-state index contributed by atoms with van der Waals surface area (Å²) in [6.07, 6.45) is 4.27. The second-order valence-corrected chi connectivity index (χ2v) is 6.02. The highest BCUT2D eigenvalue weighted by atomic mass is 31.0. The predicted molar refractivity (Wildman–Crippen MR) is 77.7 cm³/mol. The maximum atomic E-state index is 12.6. The fraction of sp³-hybridized carbons (Fsp3) is 0.846. The van der Waals surface area contributed by atoms with E-state index in [2.05, 4.69) is 45.1 Å². The number of hydrogen-bond acceptors (Lipinski definition) is 3. The molecule has 0 aromatic heterocycles. The molecule has 0 spiro atoms. The molecule has 0 aromatic carbocycles. The molecule has 18 heavy (non-hydrogen) atoms. The van der Waals surface area contributed by atoms with E-state index in [9.17, 15) is 4.79 Å². The van der Waals surface area contributed by atoms with Gasteiger partial charge in [0.15, 0.2) is 0 Å². The molecule has 0 aromatic rings. The van der Waals surface area contributed by atoms with Crippen LogP contribution in [0.1, 0.15) is 33.6 Å². The van der Waals surface area contributed by atoms with Crippen LogP contribution in [0.2, 0.25) is 0 Å². The highest BCUT2D eigenvalue weighted by molar-refractivity contribution is 7.13. The third-order valence-corrected chi connectivity index (χ3v) is 4.93. The topological polar surface area (TPSA) is 44.7 Å². The van der Waals surface area contributed by atoms with E-state index in [1.807, 2.05) is 6.21 Å². The Morgan fingerprint density at radius 1 is 1.39 bits per heavy atom. The van der Waals surface area contributed by atoms with Gasteiger partial charge in [-0.3, -0.25) is 14.9 Å². The van der Waals surface area contributed by atoms with Gasteiger partial charge in [0.05, 0.1) is 6.54 Å². The van der Waals surface area contributed by atoms with E-state index in [1.54, 1.807) is 0 Å². The SMILES string of the molecule is CC1C=NCC(NP)C(=O)N2C(C)CCC2C1C. The molecule has 4 nitrogen and oxygen atoms in total. The van der Waals surface area contributed by atoms with Gasteiger partial charge in [0.2, 0.25) is 5.91 Å². The van der Waals surface area contributed by atoms with Crippen LogP contribution in [0, 0.1) is 11.8 Å². The van der Waals surface area contributed by atoms with E-state index in [4.69, 9.17) is 0 Å². The molecule has 1 N–H and O–H groups in total. The molecule has 6 unspecified atom stereocenters. The minimum Gasteiger partial charge on any atom is -0.335 e. The average Bonchev–Trinajstić information content (AvgIpc) is 2.74. The van der Waals surface area contributed by atoms with Crippen molar-refractivity contribution >= 4 is 21.5 Å². The Morgan fingerprint density at radius 3 is 2.78 bits per heavy atom. The summed E-state index contributed by atoms with van der Waals surface area (Å²) in [4.78, 5) is 19.1. The van der Waals surface area contributed by atoms with Crippen LogP contribution in [0.15, 0.2) is 4.99 Å². The Balaban J connectivity index is 2.31. The summed E-state index contributed by atoms with van der Waals surface area (Å²) < 4.78 is 0. The van der Waals surface area contributed by atoms with E-state index in [0.29, 0.717) is 30.5 Å². The van der Waals surface area contributed by atoms with Gasteiger partial charge in [-0.2, -0.15) is 0 Å². The monoisotopic (exact) mass is 269 g/mol. The molecule has 6 atom stereocenters. The molecule has 2 heterocycles. The molecular weight excluding hydrogens is 245 g/mol. The molecule has 1 saturated heterocycles. The lowest BCUT2D eigenvalue weighted by atomic mass is 9.88. The maximum absolute atomic E-state index is 12.6. The van der Waals surface area contributed by atoms with Crippen LogP contribution < -0.4 is 5.09 Å². The number of fused-ring (bicyclic) bond motifs is 1. The number of amides is 1. The molecule has 2 aliphatic heterocycles. The zero-order valence-electron chi connectivity index (χ0n) is 11.5. The lowest BCUT2D eigenvalue weighted by Crippen LogP contribution is -2.51. The second-order valence-electron chi connectivity index (χ2n) is 5.69. The van der Waals surface area contributed by atoms with Gasteiger partial charge in [-0.1, -0.05) is 23.2 Å². The van der Waals surface area contributed by atoms with Gasteiger partial charge in [0, 0.05) is 18.3 Å². The smallest absolute Gasteiger partial charge is 0.242 e. The molecule has 0 aliphatic carbocycles. The Kier molecular flexibility index (Phi) is 4.39. The Hall–Kier alpha value is -0.470. The van der Waals surface area contributed by atoms with Gasteiger partial charge in [0.1, 0.15) is 6.04 Å². The first-order valence-electron chi connectivity index (χ1n) is 6.84. The van der Waals surface area contributed by atoms with Crippen molar-refractivity contribution in [1.29, 1.82) is 0 Å². The van der Waals surface area contributed by atoms with Gasteiger partial charge in [-0.25, -0.2) is 0 Å². The van der Waals surface area contributed by atoms with Crippen molar-refractivity contribution in [1.82, 2.24) is 9.99 Å². The van der Waals surface area contributed by atoms with Crippen molar-refractivity contribution in [3.8, 4) is 0 Å². The number of nitrogens with zero attached hydrogens (tertiary/aromatic N) is 2. The van der Waals surface area contributed by atoms with Crippen molar-refractivity contribution in [2.75, 3.05) is 6.54 Å². The van der Waals surface area contributed by atoms with E-state index < -0.39 is 0 Å². The van der Waals surface area contributed by atoms with Gasteiger partial charge in [-0.15, -0.1) is 0 Å². The third kappa shape index (κ3) is 2.46. The van der Waals surface area contributed by atoms with Crippen LogP contribution in [0.3, 0.4) is 0 Å². The number of carbonyl (C=O) groups excluding carboxylic acids is 1. The van der Waals surface area contributed by atoms with Crippen molar-refractivity contribution in [2.45, 2.75) is 51.7 Å². The minimum absolute atomic E-state index is 0.202. The Bertz CT molecular complexity index is 347. The normalized spacial score (nSPS) is 41.2. The molecule has 2 aliphatic rings. The van der Waals surface area contributed by atoms with Crippen molar-refractivity contribution in [2.24, 2.45) is 16.8 Å². The van der Waals surface area contributed by atoms with E-state index in [-0.39, 0.29) is 11.9 Å². The molecule has 1 fully saturated rings. The van der Waals surface area contributed by atoms with Crippen molar-refractivity contribution in [3.05, 3.63) is 0 Å². The van der Waals surface area contributed by atoms with Gasteiger partial charge in [0.25, 0.3) is 0 Å².